The van der Waals surface area contributed by atoms with Crippen LogP contribution in [0.25, 0.3) is 0 Å². The number of nitrogens with zero attached hydrogens (tertiary/aromatic N) is 2. The summed E-state index contributed by atoms with van der Waals surface area (Å²) in [5, 5.41) is 3.01. The molecule has 6 heteroatoms. The molecule has 2 fully saturated rings. The summed E-state index contributed by atoms with van der Waals surface area (Å²) < 4.78 is 5.19. The van der Waals surface area contributed by atoms with E-state index in [4.69, 9.17) is 4.74 Å². The minimum Gasteiger partial charge on any atom is -0.452 e. The molecule has 1 N–H and O–H groups in total. The first kappa shape index (κ1) is 17.7. The number of ether oxygens (including phenoxy) is 1. The molecule has 1 amide bonds. The van der Waals surface area contributed by atoms with E-state index in [0.29, 0.717) is 17.3 Å². The van der Waals surface area contributed by atoms with Crippen molar-refractivity contribution in [2.45, 2.75) is 38.6 Å². The molecule has 0 saturated heterocycles. The van der Waals surface area contributed by atoms with Crippen LogP contribution in [0.3, 0.4) is 0 Å². The Morgan fingerprint density at radius 1 is 1.36 bits per heavy atom. The standard InChI is InChI=1S/C19H27N3O3/c1-12(16-10-13-6-7-14(16)9-13)21-17(23)11-25-19(24)15-5-4-8-20-18(15)22(2)3/h4-5,8,12-14,16H,6-7,9-11H2,1-3H3,(H,21,23)/t12-,13-,14-,16-/m0/s1. The van der Waals surface area contributed by atoms with Gasteiger partial charge in [0, 0.05) is 26.3 Å². The Morgan fingerprint density at radius 3 is 2.80 bits per heavy atom. The predicted molar refractivity (Wildman–Crippen MR) is 95.4 cm³/mol. The number of rotatable bonds is 6. The fourth-order valence-corrected chi connectivity index (χ4v) is 4.43. The van der Waals surface area contributed by atoms with E-state index in [9.17, 15) is 9.59 Å². The van der Waals surface area contributed by atoms with Crippen LogP contribution in [-0.2, 0) is 9.53 Å². The van der Waals surface area contributed by atoms with Crippen molar-refractivity contribution in [3.63, 3.8) is 0 Å². The molecular weight excluding hydrogens is 318 g/mol. The number of nitrogens with one attached hydrogen (secondary N) is 1. The SMILES string of the molecule is C[C@H](NC(=O)COC(=O)c1cccnc1N(C)C)[C@@H]1C[C@H]2CC[C@H]1C2. The fourth-order valence-electron chi connectivity index (χ4n) is 4.43. The van der Waals surface area contributed by atoms with Crippen molar-refractivity contribution >= 4 is 17.7 Å². The number of fused-ring (bicyclic) bond motifs is 2. The molecule has 25 heavy (non-hydrogen) atoms. The summed E-state index contributed by atoms with van der Waals surface area (Å²) in [5.74, 6) is 1.93. The van der Waals surface area contributed by atoms with Crippen LogP contribution in [0.4, 0.5) is 5.82 Å². The van der Waals surface area contributed by atoms with E-state index < -0.39 is 5.97 Å². The molecule has 0 unspecified atom stereocenters. The Hall–Kier alpha value is -2.11. The van der Waals surface area contributed by atoms with E-state index in [2.05, 4.69) is 17.2 Å². The summed E-state index contributed by atoms with van der Waals surface area (Å²) in [7, 11) is 3.62. The Balaban J connectivity index is 1.50. The number of carbonyl (C=O) groups is 2. The minimum atomic E-state index is -0.528. The van der Waals surface area contributed by atoms with Crippen molar-refractivity contribution in [3.05, 3.63) is 23.9 Å². The molecule has 1 aromatic rings. The third kappa shape index (κ3) is 3.94. The molecule has 2 aliphatic rings. The van der Waals surface area contributed by atoms with Crippen LogP contribution in [0.1, 0.15) is 43.0 Å². The van der Waals surface area contributed by atoms with Gasteiger partial charge in [0.05, 0.1) is 0 Å². The van der Waals surface area contributed by atoms with Crippen LogP contribution in [0, 0.1) is 17.8 Å². The average molecular weight is 345 g/mol. The summed E-state index contributed by atoms with van der Waals surface area (Å²) in [6.45, 7) is 1.81. The number of hydrogen-bond donors (Lipinski definition) is 1. The van der Waals surface area contributed by atoms with Gasteiger partial charge in [0.25, 0.3) is 5.91 Å². The van der Waals surface area contributed by atoms with Crippen molar-refractivity contribution in [1.29, 1.82) is 0 Å². The molecule has 1 aromatic heterocycles. The number of aromatic nitrogens is 1. The smallest absolute Gasteiger partial charge is 0.342 e. The highest BCUT2D eigenvalue weighted by Crippen LogP contribution is 2.49. The zero-order valence-corrected chi connectivity index (χ0v) is 15.2. The van der Waals surface area contributed by atoms with Crippen LogP contribution in [-0.4, -0.2) is 43.6 Å². The molecule has 3 rings (SSSR count). The summed E-state index contributed by atoms with van der Waals surface area (Å²) in [5.41, 5.74) is 0.362. The average Bonchev–Trinajstić information content (AvgIpc) is 3.23. The number of pyridine rings is 1. The summed E-state index contributed by atoms with van der Waals surface area (Å²) in [4.78, 5) is 30.3. The molecule has 4 atom stereocenters. The highest BCUT2D eigenvalue weighted by atomic mass is 16.5. The number of anilines is 1. The minimum absolute atomic E-state index is 0.136. The van der Waals surface area contributed by atoms with Gasteiger partial charge in [-0.3, -0.25) is 4.79 Å². The van der Waals surface area contributed by atoms with E-state index in [1.807, 2.05) is 14.1 Å². The van der Waals surface area contributed by atoms with Gasteiger partial charge >= 0.3 is 5.97 Å². The Labute approximate surface area is 148 Å². The quantitative estimate of drug-likeness (QED) is 0.801. The lowest BCUT2D eigenvalue weighted by Gasteiger charge is -2.28. The molecule has 2 bridgehead atoms. The Bertz CT molecular complexity index is 647. The van der Waals surface area contributed by atoms with E-state index in [0.717, 1.165) is 11.8 Å². The van der Waals surface area contributed by atoms with Gasteiger partial charge in [-0.1, -0.05) is 6.42 Å². The second kappa shape index (κ2) is 7.42. The number of amides is 1. The van der Waals surface area contributed by atoms with Crippen molar-refractivity contribution < 1.29 is 14.3 Å². The molecule has 0 spiro atoms. The molecule has 2 saturated carbocycles. The van der Waals surface area contributed by atoms with E-state index >= 15 is 0 Å². The van der Waals surface area contributed by atoms with Crippen LogP contribution in [0.15, 0.2) is 18.3 Å². The molecule has 0 radical (unpaired) electrons. The zero-order valence-electron chi connectivity index (χ0n) is 15.2. The van der Waals surface area contributed by atoms with Crippen LogP contribution in [0.5, 0.6) is 0 Å². The first-order valence-corrected chi connectivity index (χ1v) is 9.04. The number of carbonyl (C=O) groups excluding carboxylic acids is 2. The Morgan fingerprint density at radius 2 is 2.16 bits per heavy atom. The zero-order chi connectivity index (χ0) is 18.0. The maximum Gasteiger partial charge on any atom is 0.342 e. The third-order valence-corrected chi connectivity index (χ3v) is 5.59. The van der Waals surface area contributed by atoms with Crippen molar-refractivity contribution in [1.82, 2.24) is 10.3 Å². The maximum absolute atomic E-state index is 12.3. The largest absolute Gasteiger partial charge is 0.452 e. The molecule has 1 heterocycles. The van der Waals surface area contributed by atoms with Gasteiger partial charge in [-0.25, -0.2) is 9.78 Å². The van der Waals surface area contributed by atoms with E-state index in [1.54, 1.807) is 23.2 Å². The van der Waals surface area contributed by atoms with Crippen molar-refractivity contribution in [2.75, 3.05) is 25.6 Å². The second-order valence-electron chi connectivity index (χ2n) is 7.54. The summed E-state index contributed by atoms with van der Waals surface area (Å²) in [6, 6.07) is 3.47. The topological polar surface area (TPSA) is 71.5 Å². The second-order valence-corrected chi connectivity index (χ2v) is 7.54. The van der Waals surface area contributed by atoms with Gasteiger partial charge in [0.15, 0.2) is 6.61 Å². The van der Waals surface area contributed by atoms with E-state index in [1.165, 1.54) is 25.7 Å². The fraction of sp³-hybridized carbons (Fsp3) is 0.632. The highest BCUT2D eigenvalue weighted by molar-refractivity contribution is 5.95. The van der Waals surface area contributed by atoms with E-state index in [-0.39, 0.29) is 18.6 Å². The first-order chi connectivity index (χ1) is 12.0. The van der Waals surface area contributed by atoms with Crippen LogP contribution < -0.4 is 10.2 Å². The number of hydrogen-bond acceptors (Lipinski definition) is 5. The van der Waals surface area contributed by atoms with Gasteiger partial charge in [0.2, 0.25) is 0 Å². The van der Waals surface area contributed by atoms with Gasteiger partial charge in [-0.15, -0.1) is 0 Å². The summed E-state index contributed by atoms with van der Waals surface area (Å²) >= 11 is 0. The van der Waals surface area contributed by atoms with Gasteiger partial charge < -0.3 is 15.0 Å². The predicted octanol–water partition coefficient (Wildman–Crippen LogP) is 2.25. The number of esters is 1. The molecule has 0 aliphatic heterocycles. The van der Waals surface area contributed by atoms with Crippen LogP contribution in [0.2, 0.25) is 0 Å². The lowest BCUT2D eigenvalue weighted by molar-refractivity contribution is -0.125. The van der Waals surface area contributed by atoms with Crippen LogP contribution >= 0.6 is 0 Å². The lowest BCUT2D eigenvalue weighted by atomic mass is 9.84. The van der Waals surface area contributed by atoms with Gasteiger partial charge in [0.1, 0.15) is 11.4 Å². The first-order valence-electron chi connectivity index (χ1n) is 9.04. The maximum atomic E-state index is 12.3. The molecule has 136 valence electrons. The van der Waals surface area contributed by atoms with Crippen molar-refractivity contribution in [3.8, 4) is 0 Å². The lowest BCUT2D eigenvalue weighted by Crippen LogP contribution is -2.42. The summed E-state index contributed by atoms with van der Waals surface area (Å²) in [6.07, 6.45) is 6.79. The monoisotopic (exact) mass is 345 g/mol. The normalized spacial score (nSPS) is 25.5. The highest BCUT2D eigenvalue weighted by Gasteiger charge is 2.42. The van der Waals surface area contributed by atoms with Gasteiger partial charge in [-0.2, -0.15) is 0 Å². The third-order valence-electron chi connectivity index (χ3n) is 5.59. The molecule has 2 aliphatic carbocycles. The molecule has 0 aromatic carbocycles. The van der Waals surface area contributed by atoms with Crippen molar-refractivity contribution in [2.24, 2.45) is 17.8 Å². The Kier molecular flexibility index (Phi) is 5.25. The molecular formula is C19H27N3O3. The van der Waals surface area contributed by atoms with Gasteiger partial charge in [-0.05, 0) is 56.1 Å². The molecule has 6 nitrogen and oxygen atoms in total.